The minimum atomic E-state index is 0.0193. The summed E-state index contributed by atoms with van der Waals surface area (Å²) in [5, 5.41) is 8.14. The third kappa shape index (κ3) is 3.38. The third-order valence-electron chi connectivity index (χ3n) is 5.12. The zero-order valence-corrected chi connectivity index (χ0v) is 14.2. The zero-order valence-electron chi connectivity index (χ0n) is 14.2. The van der Waals surface area contributed by atoms with Gasteiger partial charge in [-0.15, -0.1) is 0 Å². The van der Waals surface area contributed by atoms with Gasteiger partial charge >= 0.3 is 0 Å². The summed E-state index contributed by atoms with van der Waals surface area (Å²) in [5.74, 6) is 0.834. The van der Waals surface area contributed by atoms with Crippen molar-refractivity contribution in [3.63, 3.8) is 0 Å². The lowest BCUT2D eigenvalue weighted by Crippen LogP contribution is -2.65. The molecule has 5 heteroatoms. The van der Waals surface area contributed by atoms with Gasteiger partial charge in [-0.3, -0.25) is 0 Å². The first-order valence-corrected chi connectivity index (χ1v) is 8.77. The first-order chi connectivity index (χ1) is 11.7. The lowest BCUT2D eigenvalue weighted by molar-refractivity contribution is -0.0823. The highest BCUT2D eigenvalue weighted by Crippen LogP contribution is 2.27. The number of hydrogen-bond donors (Lipinski definition) is 1. The molecular formula is C19H25N3O2. The molecule has 0 spiro atoms. The second-order valence-corrected chi connectivity index (χ2v) is 7.22. The van der Waals surface area contributed by atoms with E-state index in [9.17, 15) is 0 Å². The molecule has 1 aromatic carbocycles. The molecule has 0 bridgehead atoms. The molecule has 1 aromatic heterocycles. The van der Waals surface area contributed by atoms with Crippen molar-refractivity contribution in [2.24, 2.45) is 0 Å². The van der Waals surface area contributed by atoms with Gasteiger partial charge in [0.25, 0.3) is 0 Å². The standard InChI is InChI=1S/C19H25N3O2/c1-22-9-7-16(8-10-22)20-19(13-23-14-19)12-17-11-18(24-21-17)15-5-3-2-4-6-15/h2-6,11,16,20H,7-10,12-14H2,1H3. The molecule has 5 nitrogen and oxygen atoms in total. The van der Waals surface area contributed by atoms with Crippen molar-refractivity contribution in [2.45, 2.75) is 30.8 Å². The molecule has 2 aliphatic heterocycles. The fourth-order valence-electron chi connectivity index (χ4n) is 3.65. The number of ether oxygens (including phenoxy) is 1. The Morgan fingerprint density at radius 2 is 1.96 bits per heavy atom. The van der Waals surface area contributed by atoms with Crippen LogP contribution in [0.3, 0.4) is 0 Å². The van der Waals surface area contributed by atoms with Crippen LogP contribution in [0.2, 0.25) is 0 Å². The van der Waals surface area contributed by atoms with Crippen LogP contribution in [0.25, 0.3) is 11.3 Å². The number of rotatable bonds is 5. The topological polar surface area (TPSA) is 50.5 Å². The molecule has 2 aliphatic rings. The molecular weight excluding hydrogens is 302 g/mol. The maximum atomic E-state index is 5.54. The van der Waals surface area contributed by atoms with E-state index in [0.29, 0.717) is 6.04 Å². The number of likely N-dealkylation sites (tertiary alicyclic amines) is 1. The predicted molar refractivity (Wildman–Crippen MR) is 92.8 cm³/mol. The van der Waals surface area contributed by atoms with E-state index in [1.807, 2.05) is 30.3 Å². The minimum absolute atomic E-state index is 0.0193. The van der Waals surface area contributed by atoms with E-state index >= 15 is 0 Å². The van der Waals surface area contributed by atoms with Gasteiger partial charge in [0.05, 0.1) is 24.4 Å². The van der Waals surface area contributed by atoms with Gasteiger partial charge in [0, 0.05) is 24.1 Å². The van der Waals surface area contributed by atoms with Gasteiger partial charge in [-0.25, -0.2) is 0 Å². The van der Waals surface area contributed by atoms with Crippen molar-refractivity contribution < 1.29 is 9.26 Å². The van der Waals surface area contributed by atoms with Crippen LogP contribution in [0.1, 0.15) is 18.5 Å². The average Bonchev–Trinajstić information content (AvgIpc) is 3.04. The third-order valence-corrected chi connectivity index (χ3v) is 5.12. The summed E-state index contributed by atoms with van der Waals surface area (Å²) in [6.45, 7) is 3.84. The quantitative estimate of drug-likeness (QED) is 0.913. The molecule has 2 fully saturated rings. The molecule has 2 saturated heterocycles. The summed E-state index contributed by atoms with van der Waals surface area (Å²) in [7, 11) is 2.19. The van der Waals surface area contributed by atoms with E-state index in [-0.39, 0.29) is 5.54 Å². The van der Waals surface area contributed by atoms with Crippen molar-refractivity contribution in [1.29, 1.82) is 0 Å². The van der Waals surface area contributed by atoms with Gasteiger partial charge in [0.15, 0.2) is 5.76 Å². The lowest BCUT2D eigenvalue weighted by atomic mass is 9.88. The van der Waals surface area contributed by atoms with Crippen LogP contribution in [0.15, 0.2) is 40.9 Å². The summed E-state index contributed by atoms with van der Waals surface area (Å²) in [5.41, 5.74) is 2.09. The van der Waals surface area contributed by atoms with Crippen molar-refractivity contribution in [2.75, 3.05) is 33.4 Å². The largest absolute Gasteiger partial charge is 0.377 e. The Labute approximate surface area is 143 Å². The Bertz CT molecular complexity index is 658. The molecule has 128 valence electrons. The maximum Gasteiger partial charge on any atom is 0.167 e. The van der Waals surface area contributed by atoms with E-state index in [4.69, 9.17) is 9.26 Å². The van der Waals surface area contributed by atoms with Gasteiger partial charge in [-0.2, -0.15) is 0 Å². The van der Waals surface area contributed by atoms with Crippen LogP contribution in [-0.2, 0) is 11.2 Å². The molecule has 0 amide bonds. The highest BCUT2D eigenvalue weighted by molar-refractivity contribution is 5.56. The fraction of sp³-hybridized carbons (Fsp3) is 0.526. The van der Waals surface area contributed by atoms with E-state index in [1.165, 1.54) is 12.8 Å². The smallest absolute Gasteiger partial charge is 0.167 e. The van der Waals surface area contributed by atoms with Crippen LogP contribution in [0.5, 0.6) is 0 Å². The molecule has 24 heavy (non-hydrogen) atoms. The van der Waals surface area contributed by atoms with Crippen LogP contribution < -0.4 is 5.32 Å². The van der Waals surface area contributed by atoms with E-state index in [2.05, 4.69) is 28.5 Å². The van der Waals surface area contributed by atoms with Gasteiger partial charge in [-0.05, 0) is 33.0 Å². The van der Waals surface area contributed by atoms with Crippen molar-refractivity contribution in [3.8, 4) is 11.3 Å². The minimum Gasteiger partial charge on any atom is -0.377 e. The summed E-state index contributed by atoms with van der Waals surface area (Å²) in [6.07, 6.45) is 3.26. The maximum absolute atomic E-state index is 5.54. The molecule has 2 aromatic rings. The van der Waals surface area contributed by atoms with Crippen LogP contribution in [-0.4, -0.2) is 55.0 Å². The summed E-state index contributed by atoms with van der Waals surface area (Å²) in [4.78, 5) is 2.39. The number of piperidine rings is 1. The number of benzene rings is 1. The SMILES string of the molecule is CN1CCC(NC2(Cc3cc(-c4ccccc4)on3)COC2)CC1. The molecule has 3 heterocycles. The number of nitrogens with one attached hydrogen (secondary N) is 1. The number of aromatic nitrogens is 1. The monoisotopic (exact) mass is 327 g/mol. The van der Waals surface area contributed by atoms with Crippen molar-refractivity contribution in [1.82, 2.24) is 15.4 Å². The van der Waals surface area contributed by atoms with Gasteiger partial charge in [0.2, 0.25) is 0 Å². The highest BCUT2D eigenvalue weighted by Gasteiger charge is 2.41. The molecule has 0 unspecified atom stereocenters. The highest BCUT2D eigenvalue weighted by atomic mass is 16.5. The first kappa shape index (κ1) is 15.8. The van der Waals surface area contributed by atoms with Crippen molar-refractivity contribution >= 4 is 0 Å². The lowest BCUT2D eigenvalue weighted by Gasteiger charge is -2.45. The summed E-state index contributed by atoms with van der Waals surface area (Å²) >= 11 is 0. The van der Waals surface area contributed by atoms with E-state index < -0.39 is 0 Å². The normalized spacial score (nSPS) is 21.5. The molecule has 0 aliphatic carbocycles. The molecule has 4 rings (SSSR count). The molecule has 1 N–H and O–H groups in total. The molecule has 0 saturated carbocycles. The van der Waals surface area contributed by atoms with Crippen LogP contribution in [0.4, 0.5) is 0 Å². The number of nitrogens with zero attached hydrogens (tertiary/aromatic N) is 2. The molecule has 0 atom stereocenters. The molecule has 0 radical (unpaired) electrons. The predicted octanol–water partition coefficient (Wildman–Crippen LogP) is 2.34. The van der Waals surface area contributed by atoms with E-state index in [0.717, 1.165) is 49.7 Å². The summed E-state index contributed by atoms with van der Waals surface area (Å²) < 4.78 is 11.1. The van der Waals surface area contributed by atoms with Gasteiger partial charge in [0.1, 0.15) is 0 Å². The Morgan fingerprint density at radius 3 is 2.62 bits per heavy atom. The second kappa shape index (κ2) is 6.67. The van der Waals surface area contributed by atoms with Crippen molar-refractivity contribution in [3.05, 3.63) is 42.1 Å². The fourth-order valence-corrected chi connectivity index (χ4v) is 3.65. The Balaban J connectivity index is 1.42. The van der Waals surface area contributed by atoms with Crippen LogP contribution >= 0.6 is 0 Å². The average molecular weight is 327 g/mol. The number of hydrogen-bond acceptors (Lipinski definition) is 5. The second-order valence-electron chi connectivity index (χ2n) is 7.22. The van der Waals surface area contributed by atoms with Gasteiger partial charge < -0.3 is 19.5 Å². The Hall–Kier alpha value is -1.69. The Morgan fingerprint density at radius 1 is 1.21 bits per heavy atom. The van der Waals surface area contributed by atoms with Gasteiger partial charge in [-0.1, -0.05) is 35.5 Å². The zero-order chi connectivity index (χ0) is 16.4. The van der Waals surface area contributed by atoms with Crippen LogP contribution in [0, 0.1) is 0 Å². The summed E-state index contributed by atoms with van der Waals surface area (Å²) in [6, 6.07) is 12.8. The Kier molecular flexibility index (Phi) is 4.39. The first-order valence-electron chi connectivity index (χ1n) is 8.77. The van der Waals surface area contributed by atoms with E-state index in [1.54, 1.807) is 0 Å².